The number of hydrogen-bond acceptors (Lipinski definition) is 9. The van der Waals surface area contributed by atoms with E-state index in [4.69, 9.17) is 14.5 Å². The number of aliphatic hydroxyl groups is 3. The Labute approximate surface area is 241 Å². The second kappa shape index (κ2) is 10.7. The monoisotopic (exact) mass is 569 g/mol. The van der Waals surface area contributed by atoms with Crippen LogP contribution in [0.15, 0.2) is 96.1 Å². The van der Waals surface area contributed by atoms with Crippen molar-refractivity contribution < 1.29 is 24.8 Å². The van der Waals surface area contributed by atoms with E-state index in [2.05, 4.69) is 15.3 Å². The van der Waals surface area contributed by atoms with E-state index in [1.165, 1.54) is 17.8 Å². The van der Waals surface area contributed by atoms with Crippen LogP contribution >= 0.6 is 0 Å². The number of anilines is 1. The minimum atomic E-state index is -1.79. The molecular weight excluding hydrogens is 538 g/mol. The lowest BCUT2D eigenvalue weighted by atomic mass is 9.77. The van der Waals surface area contributed by atoms with Crippen molar-refractivity contribution in [2.75, 3.05) is 19.0 Å². The van der Waals surface area contributed by atoms with E-state index in [0.717, 1.165) is 16.7 Å². The van der Waals surface area contributed by atoms with Gasteiger partial charge < -0.3 is 30.1 Å². The predicted molar refractivity (Wildman–Crippen MR) is 155 cm³/mol. The summed E-state index contributed by atoms with van der Waals surface area (Å²) in [6.45, 7) is 0.898. The summed E-state index contributed by atoms with van der Waals surface area (Å²) in [4.78, 5) is 25.1. The Morgan fingerprint density at radius 2 is 1.62 bits per heavy atom. The number of benzene rings is 3. The zero-order valence-corrected chi connectivity index (χ0v) is 23.0. The zero-order valence-electron chi connectivity index (χ0n) is 23.0. The minimum Gasteiger partial charge on any atom is -0.497 e. The van der Waals surface area contributed by atoms with Gasteiger partial charge in [-0.1, -0.05) is 72.8 Å². The van der Waals surface area contributed by atoms with E-state index in [-0.39, 0.29) is 17.1 Å². The molecule has 11 heteroatoms. The fraction of sp³-hybridized carbons (Fsp3) is 0.258. The first-order chi connectivity index (χ1) is 20.3. The maximum Gasteiger partial charge on any atom is 0.280 e. The zero-order chi connectivity index (χ0) is 29.5. The summed E-state index contributed by atoms with van der Waals surface area (Å²) in [7, 11) is 1.61. The summed E-state index contributed by atoms with van der Waals surface area (Å²) in [5, 5.41) is 34.8. The molecule has 0 spiro atoms. The van der Waals surface area contributed by atoms with Crippen LogP contribution in [0.4, 0.5) is 5.95 Å². The van der Waals surface area contributed by atoms with Crippen LogP contribution in [0.1, 0.15) is 29.8 Å². The third-order valence-corrected chi connectivity index (χ3v) is 7.86. The molecular formula is C31H31N5O6. The fourth-order valence-corrected chi connectivity index (χ4v) is 5.66. The maximum atomic E-state index is 13.3. The highest BCUT2D eigenvalue weighted by Crippen LogP contribution is 2.41. The van der Waals surface area contributed by atoms with Gasteiger partial charge >= 0.3 is 0 Å². The Morgan fingerprint density at radius 1 is 1.02 bits per heavy atom. The molecule has 1 aliphatic rings. The number of fused-ring (bicyclic) bond motifs is 1. The number of aromatic nitrogens is 4. The molecule has 5 aromatic rings. The molecule has 0 amide bonds. The van der Waals surface area contributed by atoms with Crippen molar-refractivity contribution in [2.24, 2.45) is 0 Å². The van der Waals surface area contributed by atoms with Crippen LogP contribution < -0.4 is 15.6 Å². The molecule has 11 nitrogen and oxygen atoms in total. The molecule has 1 saturated heterocycles. The molecule has 5 N–H and O–H groups in total. The Kier molecular flexibility index (Phi) is 7.03. The van der Waals surface area contributed by atoms with Gasteiger partial charge in [0.15, 0.2) is 17.4 Å². The molecule has 6 rings (SSSR count). The van der Waals surface area contributed by atoms with Crippen molar-refractivity contribution in [1.29, 1.82) is 0 Å². The minimum absolute atomic E-state index is 0.0244. The molecule has 4 atom stereocenters. The molecule has 1 fully saturated rings. The molecule has 0 aliphatic carbocycles. The number of H-pyrrole nitrogens is 1. The van der Waals surface area contributed by atoms with Gasteiger partial charge in [-0.05, 0) is 35.7 Å². The molecule has 2 aromatic heterocycles. The second-order valence-corrected chi connectivity index (χ2v) is 10.5. The highest BCUT2D eigenvalue weighted by atomic mass is 16.6. The summed E-state index contributed by atoms with van der Waals surface area (Å²) in [6, 6.07) is 27.2. The molecule has 0 unspecified atom stereocenters. The molecule has 0 bridgehead atoms. The number of nitrogens with zero attached hydrogens (tertiary/aromatic N) is 3. The maximum absolute atomic E-state index is 13.3. The van der Waals surface area contributed by atoms with E-state index in [1.807, 2.05) is 84.9 Å². The van der Waals surface area contributed by atoms with E-state index in [0.29, 0.717) is 5.75 Å². The van der Waals surface area contributed by atoms with Crippen LogP contribution in [0.2, 0.25) is 0 Å². The largest absolute Gasteiger partial charge is 0.497 e. The van der Waals surface area contributed by atoms with Crippen LogP contribution in [0, 0.1) is 0 Å². The van der Waals surface area contributed by atoms with Gasteiger partial charge in [-0.2, -0.15) is 4.98 Å². The topological polar surface area (TPSA) is 155 Å². The van der Waals surface area contributed by atoms with E-state index in [9.17, 15) is 20.1 Å². The number of aliphatic hydroxyl groups excluding tert-OH is 2. The lowest BCUT2D eigenvalue weighted by Crippen LogP contribution is -2.44. The summed E-state index contributed by atoms with van der Waals surface area (Å²) in [5.74, 6) is 0.826. The lowest BCUT2D eigenvalue weighted by Gasteiger charge is -2.37. The van der Waals surface area contributed by atoms with Crippen LogP contribution in [-0.2, 0) is 10.3 Å². The number of nitrogens with one attached hydrogen (secondary N) is 2. The Balaban J connectivity index is 1.55. The van der Waals surface area contributed by atoms with Crippen molar-refractivity contribution in [3.63, 3.8) is 0 Å². The number of methoxy groups -OCH3 is 1. The van der Waals surface area contributed by atoms with Crippen molar-refractivity contribution in [3.8, 4) is 5.75 Å². The van der Waals surface area contributed by atoms with Gasteiger partial charge in [0.05, 0.1) is 20.0 Å². The average molecular weight is 570 g/mol. The third kappa shape index (κ3) is 4.43. The standard InChI is InChI=1S/C31H31N5O6/c1-30(40)25(38)23(17-37)42-28(30)36-18-32-24-26(36)33-29(34-27(24)39)35-31(19-9-5-3-6-10-19,20-11-7-4-8-12-20)21-13-15-22(41-2)16-14-21/h3-16,18,23,25,28,37-38,40H,17H2,1-2H3,(H2,33,34,35,39)/t23-,25-,28-,30-/m1/s1. The molecule has 1 aliphatic heterocycles. The van der Waals surface area contributed by atoms with Gasteiger partial charge in [-0.3, -0.25) is 14.3 Å². The SMILES string of the molecule is COc1ccc(C(Nc2nc3c(ncn3[C@@H]3O[C@H](CO)[C@@H](O)[C@@]3(C)O)c(=O)[nH]2)(c2ccccc2)c2ccccc2)cc1. The summed E-state index contributed by atoms with van der Waals surface area (Å²) >= 11 is 0. The average Bonchev–Trinajstić information content (AvgIpc) is 3.54. The van der Waals surface area contributed by atoms with Crippen LogP contribution in [0.25, 0.3) is 11.2 Å². The number of hydrogen-bond donors (Lipinski definition) is 5. The lowest BCUT2D eigenvalue weighted by molar-refractivity contribution is -0.0950. The number of ether oxygens (including phenoxy) is 2. The van der Waals surface area contributed by atoms with Crippen LogP contribution in [0.5, 0.6) is 5.75 Å². The van der Waals surface area contributed by atoms with Crippen LogP contribution in [0.3, 0.4) is 0 Å². The van der Waals surface area contributed by atoms with Crippen LogP contribution in [-0.4, -0.2) is 66.4 Å². The van der Waals surface area contributed by atoms with Gasteiger partial charge in [0.25, 0.3) is 5.56 Å². The number of aromatic amines is 1. The quantitative estimate of drug-likeness (QED) is 0.177. The first kappa shape index (κ1) is 27.6. The van der Waals surface area contributed by atoms with Gasteiger partial charge in [-0.25, -0.2) is 4.98 Å². The second-order valence-electron chi connectivity index (χ2n) is 10.5. The molecule has 0 radical (unpaired) electrons. The predicted octanol–water partition coefficient (Wildman–Crippen LogP) is 2.53. The van der Waals surface area contributed by atoms with Crippen molar-refractivity contribution in [3.05, 3.63) is 118 Å². The normalized spacial score (nSPS) is 22.4. The molecule has 0 saturated carbocycles. The van der Waals surface area contributed by atoms with Crippen molar-refractivity contribution >= 4 is 17.1 Å². The van der Waals surface area contributed by atoms with Gasteiger partial charge in [0.1, 0.15) is 29.1 Å². The summed E-state index contributed by atoms with van der Waals surface area (Å²) < 4.78 is 12.6. The Morgan fingerprint density at radius 3 is 2.17 bits per heavy atom. The molecule has 3 aromatic carbocycles. The van der Waals surface area contributed by atoms with Gasteiger partial charge in [-0.15, -0.1) is 0 Å². The van der Waals surface area contributed by atoms with E-state index >= 15 is 0 Å². The summed E-state index contributed by atoms with van der Waals surface area (Å²) in [6.07, 6.45) is -2.23. The highest BCUT2D eigenvalue weighted by Gasteiger charge is 2.53. The Bertz CT molecular complexity index is 1700. The molecule has 216 valence electrons. The highest BCUT2D eigenvalue weighted by molar-refractivity contribution is 5.71. The van der Waals surface area contributed by atoms with Crippen molar-refractivity contribution in [2.45, 2.75) is 36.5 Å². The number of imidazole rings is 1. The summed E-state index contributed by atoms with van der Waals surface area (Å²) in [5.41, 5.74) is -0.548. The first-order valence-corrected chi connectivity index (χ1v) is 13.5. The molecule has 3 heterocycles. The van der Waals surface area contributed by atoms with Gasteiger partial charge in [0, 0.05) is 0 Å². The van der Waals surface area contributed by atoms with Crippen molar-refractivity contribution in [1.82, 2.24) is 19.5 Å². The fourth-order valence-electron chi connectivity index (χ4n) is 5.66. The smallest absolute Gasteiger partial charge is 0.280 e. The third-order valence-electron chi connectivity index (χ3n) is 7.86. The molecule has 42 heavy (non-hydrogen) atoms. The van der Waals surface area contributed by atoms with Gasteiger partial charge in [0.2, 0.25) is 5.95 Å². The Hall–Kier alpha value is -4.55. The van der Waals surface area contributed by atoms with E-state index in [1.54, 1.807) is 7.11 Å². The van der Waals surface area contributed by atoms with E-state index < -0.39 is 41.7 Å². The first-order valence-electron chi connectivity index (χ1n) is 13.5. The number of rotatable bonds is 8.